The standard InChI is InChI=1S/C10H10N2O2/c1-14-10(13)9-3-2-7-6-11-5-4-8(7)12-9/h2-6,9,12H,1H3. The van der Waals surface area contributed by atoms with E-state index in [1.807, 2.05) is 12.1 Å². The predicted octanol–water partition coefficient (Wildman–Crippen LogP) is 1.06. The maximum absolute atomic E-state index is 11.2. The van der Waals surface area contributed by atoms with Crippen LogP contribution in [0.25, 0.3) is 6.08 Å². The number of nitrogens with one attached hydrogen (secondary N) is 1. The molecule has 0 saturated heterocycles. The van der Waals surface area contributed by atoms with Crippen LogP contribution in [0.3, 0.4) is 0 Å². The Bertz CT molecular complexity index is 387. The number of esters is 1. The predicted molar refractivity (Wildman–Crippen MR) is 52.7 cm³/mol. The fourth-order valence-electron chi connectivity index (χ4n) is 1.35. The first-order valence-electron chi connectivity index (χ1n) is 4.28. The summed E-state index contributed by atoms with van der Waals surface area (Å²) in [6, 6.07) is 1.43. The minimum absolute atomic E-state index is 0.288. The number of aromatic nitrogens is 1. The van der Waals surface area contributed by atoms with Gasteiger partial charge in [-0.1, -0.05) is 12.2 Å². The minimum Gasteiger partial charge on any atom is -0.467 e. The van der Waals surface area contributed by atoms with Gasteiger partial charge in [0.15, 0.2) is 0 Å². The third-order valence-corrected chi connectivity index (χ3v) is 2.09. The van der Waals surface area contributed by atoms with Crippen molar-refractivity contribution in [2.45, 2.75) is 6.04 Å². The summed E-state index contributed by atoms with van der Waals surface area (Å²) in [5, 5.41) is 3.05. The Kier molecular flexibility index (Phi) is 2.18. The molecule has 1 N–H and O–H groups in total. The third-order valence-electron chi connectivity index (χ3n) is 2.09. The summed E-state index contributed by atoms with van der Waals surface area (Å²) in [6.45, 7) is 0. The normalized spacial score (nSPS) is 18.2. The van der Waals surface area contributed by atoms with E-state index in [4.69, 9.17) is 0 Å². The average molecular weight is 190 g/mol. The molecule has 1 aliphatic heterocycles. The number of carbonyl (C=O) groups excluding carboxylic acids is 1. The molecule has 2 rings (SSSR count). The van der Waals surface area contributed by atoms with Crippen molar-refractivity contribution >= 4 is 17.7 Å². The lowest BCUT2D eigenvalue weighted by atomic mass is 10.1. The monoisotopic (exact) mass is 190 g/mol. The summed E-state index contributed by atoms with van der Waals surface area (Å²) in [4.78, 5) is 15.2. The van der Waals surface area contributed by atoms with Crippen LogP contribution in [0, 0.1) is 0 Å². The second-order valence-corrected chi connectivity index (χ2v) is 2.97. The Morgan fingerprint density at radius 3 is 3.29 bits per heavy atom. The van der Waals surface area contributed by atoms with Crippen LogP contribution in [0.2, 0.25) is 0 Å². The first-order valence-corrected chi connectivity index (χ1v) is 4.28. The van der Waals surface area contributed by atoms with Crippen LogP contribution >= 0.6 is 0 Å². The highest BCUT2D eigenvalue weighted by Crippen LogP contribution is 2.21. The molecule has 72 valence electrons. The molecule has 4 nitrogen and oxygen atoms in total. The van der Waals surface area contributed by atoms with Crippen molar-refractivity contribution < 1.29 is 9.53 Å². The van der Waals surface area contributed by atoms with Gasteiger partial charge in [0, 0.05) is 23.6 Å². The fourth-order valence-corrected chi connectivity index (χ4v) is 1.35. The second kappa shape index (κ2) is 3.49. The van der Waals surface area contributed by atoms with Gasteiger partial charge in [-0.05, 0) is 6.07 Å². The van der Waals surface area contributed by atoms with Crippen molar-refractivity contribution in [1.82, 2.24) is 4.98 Å². The number of anilines is 1. The lowest BCUT2D eigenvalue weighted by Crippen LogP contribution is -2.30. The van der Waals surface area contributed by atoms with Crippen molar-refractivity contribution in [1.29, 1.82) is 0 Å². The van der Waals surface area contributed by atoms with Crippen molar-refractivity contribution in [2.75, 3.05) is 12.4 Å². The maximum atomic E-state index is 11.2. The quantitative estimate of drug-likeness (QED) is 0.673. The van der Waals surface area contributed by atoms with Gasteiger partial charge in [-0.2, -0.15) is 0 Å². The van der Waals surface area contributed by atoms with Gasteiger partial charge in [0.25, 0.3) is 0 Å². The number of carbonyl (C=O) groups is 1. The van der Waals surface area contributed by atoms with E-state index in [0.29, 0.717) is 0 Å². The molecule has 1 aromatic heterocycles. The first kappa shape index (κ1) is 8.74. The summed E-state index contributed by atoms with van der Waals surface area (Å²) in [7, 11) is 1.37. The van der Waals surface area contributed by atoms with Gasteiger partial charge in [-0.15, -0.1) is 0 Å². The molecule has 1 unspecified atom stereocenters. The molecule has 4 heteroatoms. The van der Waals surface area contributed by atoms with E-state index in [0.717, 1.165) is 11.3 Å². The van der Waals surface area contributed by atoms with Gasteiger partial charge < -0.3 is 10.1 Å². The highest BCUT2D eigenvalue weighted by molar-refractivity contribution is 5.86. The third kappa shape index (κ3) is 1.46. The van der Waals surface area contributed by atoms with Crippen LogP contribution in [0.15, 0.2) is 24.5 Å². The van der Waals surface area contributed by atoms with E-state index in [-0.39, 0.29) is 5.97 Å². The highest BCUT2D eigenvalue weighted by atomic mass is 16.5. The number of hydrogen-bond acceptors (Lipinski definition) is 4. The average Bonchev–Trinajstić information content (AvgIpc) is 2.27. The molecule has 0 spiro atoms. The first-order chi connectivity index (χ1) is 6.81. The molecule has 1 atom stereocenters. The summed E-state index contributed by atoms with van der Waals surface area (Å²) in [5.41, 5.74) is 1.88. The number of hydrogen-bond donors (Lipinski definition) is 1. The van der Waals surface area contributed by atoms with Gasteiger partial charge in [0.2, 0.25) is 0 Å². The topological polar surface area (TPSA) is 51.2 Å². The molecule has 0 amide bonds. The van der Waals surface area contributed by atoms with E-state index in [1.165, 1.54) is 7.11 Å². The maximum Gasteiger partial charge on any atom is 0.332 e. The summed E-state index contributed by atoms with van der Waals surface area (Å²) < 4.78 is 4.64. The van der Waals surface area contributed by atoms with Crippen molar-refractivity contribution in [3.8, 4) is 0 Å². The SMILES string of the molecule is COC(=O)C1C=Cc2cnccc2N1. The molecule has 1 aromatic rings. The van der Waals surface area contributed by atoms with Gasteiger partial charge in [-0.25, -0.2) is 4.79 Å². The van der Waals surface area contributed by atoms with Gasteiger partial charge in [0.05, 0.1) is 7.11 Å². The molecule has 0 aliphatic carbocycles. The van der Waals surface area contributed by atoms with E-state index in [9.17, 15) is 4.79 Å². The Morgan fingerprint density at radius 1 is 1.64 bits per heavy atom. The molecule has 2 heterocycles. The van der Waals surface area contributed by atoms with Crippen LogP contribution in [0.4, 0.5) is 5.69 Å². The van der Waals surface area contributed by atoms with Crippen molar-refractivity contribution in [2.24, 2.45) is 0 Å². The van der Waals surface area contributed by atoms with Crippen LogP contribution in [-0.4, -0.2) is 24.1 Å². The van der Waals surface area contributed by atoms with Crippen molar-refractivity contribution in [3.05, 3.63) is 30.1 Å². The largest absolute Gasteiger partial charge is 0.467 e. The van der Waals surface area contributed by atoms with E-state index in [2.05, 4.69) is 15.0 Å². The van der Waals surface area contributed by atoms with Crippen LogP contribution in [0.1, 0.15) is 5.56 Å². The van der Waals surface area contributed by atoms with Crippen LogP contribution in [0.5, 0.6) is 0 Å². The Balaban J connectivity index is 2.25. The number of nitrogens with zero attached hydrogens (tertiary/aromatic N) is 1. The van der Waals surface area contributed by atoms with Crippen LogP contribution in [-0.2, 0) is 9.53 Å². The molecule has 1 aliphatic rings. The Morgan fingerprint density at radius 2 is 2.50 bits per heavy atom. The minimum atomic E-state index is -0.394. The Labute approximate surface area is 81.6 Å². The van der Waals surface area contributed by atoms with Gasteiger partial charge in [-0.3, -0.25) is 4.98 Å². The fraction of sp³-hybridized carbons (Fsp3) is 0.200. The molecular formula is C10H10N2O2. The smallest absolute Gasteiger partial charge is 0.332 e. The molecule has 0 aromatic carbocycles. The lowest BCUT2D eigenvalue weighted by Gasteiger charge is -2.19. The highest BCUT2D eigenvalue weighted by Gasteiger charge is 2.19. The molecule has 0 fully saturated rings. The lowest BCUT2D eigenvalue weighted by molar-refractivity contribution is -0.140. The van der Waals surface area contributed by atoms with E-state index >= 15 is 0 Å². The zero-order chi connectivity index (χ0) is 9.97. The zero-order valence-electron chi connectivity index (χ0n) is 7.73. The van der Waals surface area contributed by atoms with Crippen LogP contribution < -0.4 is 5.32 Å². The van der Waals surface area contributed by atoms with Gasteiger partial charge in [0.1, 0.15) is 6.04 Å². The van der Waals surface area contributed by atoms with E-state index in [1.54, 1.807) is 18.5 Å². The number of fused-ring (bicyclic) bond motifs is 1. The molecule has 0 radical (unpaired) electrons. The summed E-state index contributed by atoms with van der Waals surface area (Å²) >= 11 is 0. The van der Waals surface area contributed by atoms with Crippen molar-refractivity contribution in [3.63, 3.8) is 0 Å². The second-order valence-electron chi connectivity index (χ2n) is 2.97. The number of ether oxygens (including phenoxy) is 1. The molecular weight excluding hydrogens is 180 g/mol. The number of rotatable bonds is 1. The summed E-state index contributed by atoms with van der Waals surface area (Å²) in [5.74, 6) is -0.288. The summed E-state index contributed by atoms with van der Waals surface area (Å²) in [6.07, 6.45) is 7.04. The number of pyridine rings is 1. The van der Waals surface area contributed by atoms with E-state index < -0.39 is 6.04 Å². The number of methoxy groups -OCH3 is 1. The Hall–Kier alpha value is -1.84. The molecule has 0 bridgehead atoms. The molecule has 0 saturated carbocycles. The molecule has 14 heavy (non-hydrogen) atoms. The van der Waals surface area contributed by atoms with Gasteiger partial charge >= 0.3 is 5.97 Å². The zero-order valence-corrected chi connectivity index (χ0v) is 7.73.